The highest BCUT2D eigenvalue weighted by Gasteiger charge is 2.46. The number of allylic oxidation sites excluding steroid dienone is 1. The van der Waals surface area contributed by atoms with Crippen LogP contribution in [0.4, 0.5) is 0 Å². The number of hydrogen-bond acceptors (Lipinski definition) is 15. The molecule has 0 bridgehead atoms. The van der Waals surface area contributed by atoms with Crippen molar-refractivity contribution in [2.75, 3.05) is 74.0 Å². The molecule has 11 amide bonds. The zero-order valence-corrected chi connectivity index (χ0v) is 59.8. The number of amides is 11. The van der Waals surface area contributed by atoms with Gasteiger partial charge in [-0.2, -0.15) is 11.8 Å². The number of ether oxygens (including phenoxy) is 1. The Bertz CT molecular complexity index is 2480. The van der Waals surface area contributed by atoms with Crippen LogP contribution in [-0.2, 0) is 62.3 Å². The summed E-state index contributed by atoms with van der Waals surface area (Å²) in [5.74, 6) is -9.00. The normalized spacial score (nSPS) is 25.8. The molecule has 12 atom stereocenters. The van der Waals surface area contributed by atoms with Gasteiger partial charge in [-0.15, -0.1) is 0 Å². The molecule has 0 aromatic heterocycles. The van der Waals surface area contributed by atoms with Gasteiger partial charge in [-0.3, -0.25) is 57.5 Å². The summed E-state index contributed by atoms with van der Waals surface area (Å²) in [4.78, 5) is 180. The molecule has 91 heavy (non-hydrogen) atoms. The maximum absolute atomic E-state index is 15.3. The van der Waals surface area contributed by atoms with Crippen molar-refractivity contribution in [2.24, 2.45) is 41.4 Å². The molecule has 1 fully saturated rings. The Balaban J connectivity index is 4.33. The number of rotatable bonds is 21. The van der Waals surface area contributed by atoms with Crippen LogP contribution in [0.3, 0.4) is 0 Å². The SMILES string of the molecule is CC[C@@H]1NC(=O)C([C@H](O)[C@H](C)CC=CCSCCOC=O)N(C)C(=O)[C@H](C(C)C)N(C)C(=O)[C@H](CC(C)C)N(C)C(=O)[C@H](CC(C)C)N(C)C(=O)[C@H](C)NC(=O)[C@H](C)NC(=O)[C@H](CC(C)C)N(C)C(=O)[C@H](C(C)C)NC(=O)[C@H](CC(C)C)N(C)C(=O)CN(C)C1=O. The monoisotopic (exact) mass is 1310 g/mol. The molecular formula is C65H115N11O14S. The predicted octanol–water partition coefficient (Wildman–Crippen LogP) is 3.16. The van der Waals surface area contributed by atoms with Crippen LogP contribution in [0.5, 0.6) is 0 Å². The average molecular weight is 1310 g/mol. The summed E-state index contributed by atoms with van der Waals surface area (Å²) in [5, 5.41) is 23.3. The van der Waals surface area contributed by atoms with Gasteiger partial charge >= 0.3 is 0 Å². The Morgan fingerprint density at radius 2 is 0.956 bits per heavy atom. The first-order valence-electron chi connectivity index (χ1n) is 32.2. The first kappa shape index (κ1) is 82.7. The third-order valence-electron chi connectivity index (χ3n) is 16.6. The van der Waals surface area contributed by atoms with Gasteiger partial charge in [0.2, 0.25) is 65.0 Å². The lowest BCUT2D eigenvalue weighted by molar-refractivity contribution is -0.157. The van der Waals surface area contributed by atoms with E-state index in [4.69, 9.17) is 4.74 Å². The third kappa shape index (κ3) is 24.9. The van der Waals surface area contributed by atoms with Gasteiger partial charge in [0, 0.05) is 60.8 Å². The van der Waals surface area contributed by atoms with E-state index in [9.17, 15) is 48.3 Å². The van der Waals surface area contributed by atoms with Crippen molar-refractivity contribution in [1.29, 1.82) is 0 Å². The molecule has 0 spiro atoms. The number of thioether (sulfide) groups is 1. The fourth-order valence-corrected chi connectivity index (χ4v) is 11.7. The minimum Gasteiger partial charge on any atom is -0.467 e. The van der Waals surface area contributed by atoms with Gasteiger partial charge in [-0.05, 0) is 93.8 Å². The topological polar surface area (TPSA) is 305 Å². The molecule has 0 saturated carbocycles. The van der Waals surface area contributed by atoms with E-state index in [1.54, 1.807) is 41.5 Å². The number of aliphatic hydroxyl groups is 1. The quantitative estimate of drug-likeness (QED) is 0.0627. The summed E-state index contributed by atoms with van der Waals surface area (Å²) in [5.41, 5.74) is 0. The Morgan fingerprint density at radius 1 is 0.505 bits per heavy atom. The molecule has 1 aliphatic rings. The lowest BCUT2D eigenvalue weighted by Gasteiger charge is -2.41. The van der Waals surface area contributed by atoms with Gasteiger partial charge in [0.15, 0.2) is 0 Å². The smallest absolute Gasteiger partial charge is 0.293 e. The second-order valence-corrected chi connectivity index (χ2v) is 28.2. The molecule has 1 rings (SSSR count). The molecule has 0 aromatic rings. The first-order chi connectivity index (χ1) is 42.2. The summed E-state index contributed by atoms with van der Waals surface area (Å²) >= 11 is 1.50. The summed E-state index contributed by atoms with van der Waals surface area (Å²) in [6.45, 7) is 28.0. The van der Waals surface area contributed by atoms with E-state index < -0.39 is 156 Å². The largest absolute Gasteiger partial charge is 0.467 e. The lowest BCUT2D eigenvalue weighted by atomic mass is 9.91. The first-order valence-corrected chi connectivity index (χ1v) is 33.4. The lowest BCUT2D eigenvalue weighted by Crippen LogP contribution is -2.63. The molecule has 1 saturated heterocycles. The number of nitrogens with one attached hydrogen (secondary N) is 4. The second-order valence-electron chi connectivity index (χ2n) is 27.0. The van der Waals surface area contributed by atoms with Crippen molar-refractivity contribution >= 4 is 83.2 Å². The van der Waals surface area contributed by atoms with Gasteiger partial charge in [-0.1, -0.05) is 109 Å². The number of likely N-dealkylation sites (N-methyl/N-ethyl adjacent to an activating group) is 7. The van der Waals surface area contributed by atoms with Gasteiger partial charge in [0.1, 0.15) is 67.0 Å². The van der Waals surface area contributed by atoms with Crippen molar-refractivity contribution in [3.05, 3.63) is 12.2 Å². The Morgan fingerprint density at radius 3 is 1.44 bits per heavy atom. The van der Waals surface area contributed by atoms with Crippen LogP contribution in [0.2, 0.25) is 0 Å². The van der Waals surface area contributed by atoms with E-state index in [0.29, 0.717) is 18.0 Å². The Labute approximate surface area is 547 Å². The summed E-state index contributed by atoms with van der Waals surface area (Å²) in [6.07, 6.45) is 2.90. The molecule has 0 radical (unpaired) electrons. The molecule has 26 heteroatoms. The van der Waals surface area contributed by atoms with Gasteiger partial charge in [0.05, 0.1) is 12.6 Å². The molecule has 1 heterocycles. The predicted molar refractivity (Wildman–Crippen MR) is 352 cm³/mol. The molecular weight excluding hydrogens is 1190 g/mol. The summed E-state index contributed by atoms with van der Waals surface area (Å²) in [6, 6.07) is -12.6. The van der Waals surface area contributed by atoms with E-state index in [2.05, 4.69) is 21.3 Å². The number of aliphatic hydroxyl groups excluding tert-OH is 1. The van der Waals surface area contributed by atoms with E-state index in [1.165, 1.54) is 99.4 Å². The van der Waals surface area contributed by atoms with Crippen LogP contribution in [-0.4, -0.2) is 251 Å². The molecule has 5 N–H and O–H groups in total. The molecule has 520 valence electrons. The van der Waals surface area contributed by atoms with Crippen molar-refractivity contribution in [1.82, 2.24) is 55.6 Å². The fraction of sp³-hybridized carbons (Fsp3) is 0.785. The van der Waals surface area contributed by atoms with Crippen LogP contribution < -0.4 is 21.3 Å². The minimum absolute atomic E-state index is 0.00518. The van der Waals surface area contributed by atoms with Crippen molar-refractivity contribution in [3.8, 4) is 0 Å². The summed E-state index contributed by atoms with van der Waals surface area (Å²) < 4.78 is 4.76. The summed E-state index contributed by atoms with van der Waals surface area (Å²) in [7, 11) is 9.85. The number of nitrogens with zero attached hydrogens (tertiary/aromatic N) is 7. The maximum Gasteiger partial charge on any atom is 0.293 e. The zero-order chi connectivity index (χ0) is 70.2. The minimum atomic E-state index is -1.67. The van der Waals surface area contributed by atoms with E-state index in [1.807, 2.05) is 67.5 Å². The maximum atomic E-state index is 15.3. The van der Waals surface area contributed by atoms with Gasteiger partial charge < -0.3 is 65.4 Å². The Hall–Kier alpha value is -6.31. The Kier molecular flexibility index (Phi) is 35.7. The van der Waals surface area contributed by atoms with Crippen molar-refractivity contribution < 1.29 is 67.4 Å². The molecule has 1 unspecified atom stereocenters. The number of hydrogen-bond donors (Lipinski definition) is 5. The molecule has 1 aliphatic heterocycles. The molecule has 0 aliphatic carbocycles. The highest BCUT2D eigenvalue weighted by atomic mass is 32.2. The van der Waals surface area contributed by atoms with Crippen LogP contribution in [0.1, 0.15) is 149 Å². The van der Waals surface area contributed by atoms with E-state index in [-0.39, 0.29) is 68.8 Å². The zero-order valence-electron chi connectivity index (χ0n) is 59.0. The van der Waals surface area contributed by atoms with Gasteiger partial charge in [0.25, 0.3) is 6.47 Å². The van der Waals surface area contributed by atoms with Crippen LogP contribution >= 0.6 is 11.8 Å². The van der Waals surface area contributed by atoms with E-state index in [0.717, 1.165) is 9.80 Å². The molecule has 25 nitrogen and oxygen atoms in total. The van der Waals surface area contributed by atoms with Gasteiger partial charge in [-0.25, -0.2) is 0 Å². The number of carbonyl (C=O) groups is 12. The highest BCUT2D eigenvalue weighted by molar-refractivity contribution is 7.99. The van der Waals surface area contributed by atoms with Crippen molar-refractivity contribution in [3.63, 3.8) is 0 Å². The fourth-order valence-electron chi connectivity index (χ4n) is 11.0. The third-order valence-corrected chi connectivity index (χ3v) is 17.5. The average Bonchev–Trinajstić information content (AvgIpc) is 0.838. The number of carbonyl (C=O) groups excluding carboxylic acids is 12. The van der Waals surface area contributed by atoms with Crippen LogP contribution in [0.25, 0.3) is 0 Å². The van der Waals surface area contributed by atoms with Crippen LogP contribution in [0.15, 0.2) is 12.2 Å². The second kappa shape index (κ2) is 39.3. The van der Waals surface area contributed by atoms with E-state index >= 15 is 14.4 Å². The highest BCUT2D eigenvalue weighted by Crippen LogP contribution is 2.26. The van der Waals surface area contributed by atoms with Crippen molar-refractivity contribution in [2.45, 2.75) is 216 Å². The van der Waals surface area contributed by atoms with Crippen LogP contribution in [0, 0.1) is 41.4 Å². The standard InChI is InChI=1S/C65H115N11O14S/c1-24-46-61(85)70(17)35-51(78)71(18)47(31-37(2)3)58(82)69-52(41(10)11)64(88)72(19)48(32-38(4)5)57(81)66-44(15)56(80)67-45(16)60(84)73(20)49(33-39(6)7)62(86)74(21)50(34-40(8)9)63(87)75(22)53(42(12)13)65(89)76(23)54(59(83)68-46)55(79)43(14)27-25-26-29-91-30-28-90-36-77/h25-26,36-50,52-55,79H,24,27-35H2,1-23H3,(H,66,81)(H,67,80)(H,68,83)(H,69,82)/t43-,44+,45+,46+,47+,48+,49+,50+,52+,53+,54?,55-/m1/s1. The molecule has 0 aromatic carbocycles.